The molecule has 200 valence electrons. The number of aromatic nitrogens is 2. The first kappa shape index (κ1) is 25.6. The van der Waals surface area contributed by atoms with Crippen LogP contribution in [0.2, 0.25) is 0 Å². The van der Waals surface area contributed by atoms with Crippen molar-refractivity contribution in [2.75, 3.05) is 24.4 Å². The van der Waals surface area contributed by atoms with Crippen molar-refractivity contribution in [1.82, 2.24) is 9.55 Å². The minimum absolute atomic E-state index is 0.105. The van der Waals surface area contributed by atoms with Crippen molar-refractivity contribution in [3.63, 3.8) is 0 Å². The SMILES string of the molecule is CN(c1c2cccnc2c(OCOC(=O)OC2CCC2)c2c(O)n(Cc3ccc(F)cc3)cc12)S(C)(=O)=O. The Morgan fingerprint density at radius 2 is 1.95 bits per heavy atom. The van der Waals surface area contributed by atoms with E-state index in [-0.39, 0.29) is 40.9 Å². The minimum Gasteiger partial charge on any atom is -0.494 e. The molecule has 1 fully saturated rings. The van der Waals surface area contributed by atoms with Crippen LogP contribution in [0.3, 0.4) is 0 Å². The van der Waals surface area contributed by atoms with Crippen LogP contribution in [0.25, 0.3) is 21.7 Å². The first-order valence-electron chi connectivity index (χ1n) is 11.9. The van der Waals surface area contributed by atoms with Crippen LogP contribution in [-0.2, 0) is 26.0 Å². The van der Waals surface area contributed by atoms with Gasteiger partial charge in [0.05, 0.1) is 23.9 Å². The molecule has 2 aromatic carbocycles. The molecule has 0 amide bonds. The summed E-state index contributed by atoms with van der Waals surface area (Å²) in [5.41, 5.74) is 1.25. The highest BCUT2D eigenvalue weighted by atomic mass is 32.2. The Labute approximate surface area is 218 Å². The van der Waals surface area contributed by atoms with Crippen molar-refractivity contribution in [3.05, 3.63) is 60.2 Å². The molecule has 1 N–H and O–H groups in total. The minimum atomic E-state index is -3.71. The fraction of sp³-hybridized carbons (Fsp3) is 0.308. The first-order chi connectivity index (χ1) is 18.1. The lowest BCUT2D eigenvalue weighted by Gasteiger charge is -2.24. The van der Waals surface area contributed by atoms with Crippen LogP contribution in [0.4, 0.5) is 14.9 Å². The van der Waals surface area contributed by atoms with Crippen LogP contribution in [-0.4, -0.2) is 55.4 Å². The summed E-state index contributed by atoms with van der Waals surface area (Å²) in [6, 6.07) is 9.13. The topological polar surface area (TPSA) is 120 Å². The second-order valence-electron chi connectivity index (χ2n) is 9.13. The van der Waals surface area contributed by atoms with Gasteiger partial charge in [-0.25, -0.2) is 17.6 Å². The number of sulfonamides is 1. The number of fused-ring (bicyclic) bond motifs is 2. The van der Waals surface area contributed by atoms with Crippen LogP contribution in [0.5, 0.6) is 11.6 Å². The predicted octanol–water partition coefficient (Wildman–Crippen LogP) is 4.52. The van der Waals surface area contributed by atoms with Gasteiger partial charge in [-0.1, -0.05) is 12.1 Å². The van der Waals surface area contributed by atoms with Crippen LogP contribution >= 0.6 is 0 Å². The number of hydrogen-bond donors (Lipinski definition) is 1. The van der Waals surface area contributed by atoms with Gasteiger partial charge < -0.3 is 23.9 Å². The van der Waals surface area contributed by atoms with E-state index in [1.807, 2.05) is 0 Å². The number of carbonyl (C=O) groups is 1. The number of ether oxygens (including phenoxy) is 3. The van der Waals surface area contributed by atoms with Gasteiger partial charge in [0.1, 0.15) is 17.4 Å². The van der Waals surface area contributed by atoms with Crippen molar-refractivity contribution in [2.45, 2.75) is 31.9 Å². The summed E-state index contributed by atoms with van der Waals surface area (Å²) in [4.78, 5) is 16.4. The Morgan fingerprint density at radius 3 is 2.61 bits per heavy atom. The highest BCUT2D eigenvalue weighted by Crippen LogP contribution is 2.47. The molecule has 1 aliphatic rings. The number of aromatic hydroxyl groups is 1. The van der Waals surface area contributed by atoms with Crippen LogP contribution < -0.4 is 9.04 Å². The lowest BCUT2D eigenvalue weighted by atomic mass is 9.96. The molecule has 2 heterocycles. The van der Waals surface area contributed by atoms with Gasteiger partial charge in [0.25, 0.3) is 0 Å². The molecule has 0 spiro atoms. The molecule has 0 aliphatic heterocycles. The molecule has 12 heteroatoms. The van der Waals surface area contributed by atoms with E-state index in [2.05, 4.69) is 4.98 Å². The Hall–Kier alpha value is -4.06. The molecule has 4 aromatic rings. The van der Waals surface area contributed by atoms with Gasteiger partial charge >= 0.3 is 6.16 Å². The van der Waals surface area contributed by atoms with Crippen molar-refractivity contribution >= 4 is 43.5 Å². The molecule has 0 unspecified atom stereocenters. The summed E-state index contributed by atoms with van der Waals surface area (Å²) in [5.74, 6) is -0.517. The Morgan fingerprint density at radius 1 is 1.21 bits per heavy atom. The number of pyridine rings is 1. The van der Waals surface area contributed by atoms with Crippen LogP contribution in [0, 0.1) is 5.82 Å². The first-order valence-corrected chi connectivity index (χ1v) is 13.8. The third-order valence-electron chi connectivity index (χ3n) is 6.58. The van der Waals surface area contributed by atoms with Gasteiger partial charge in [-0.05, 0) is 49.1 Å². The van der Waals surface area contributed by atoms with E-state index >= 15 is 0 Å². The lowest BCUT2D eigenvalue weighted by Crippen LogP contribution is -2.26. The van der Waals surface area contributed by atoms with Crippen molar-refractivity contribution in [1.29, 1.82) is 0 Å². The second kappa shape index (κ2) is 10.0. The molecule has 0 atom stereocenters. The van der Waals surface area contributed by atoms with E-state index in [1.54, 1.807) is 30.5 Å². The smallest absolute Gasteiger partial charge is 0.494 e. The lowest BCUT2D eigenvalue weighted by molar-refractivity contribution is -0.0322. The highest BCUT2D eigenvalue weighted by molar-refractivity contribution is 7.92. The predicted molar refractivity (Wildman–Crippen MR) is 138 cm³/mol. The zero-order chi connectivity index (χ0) is 27.0. The van der Waals surface area contributed by atoms with E-state index in [4.69, 9.17) is 14.2 Å². The number of halogens is 1. The van der Waals surface area contributed by atoms with E-state index in [0.717, 1.165) is 29.8 Å². The summed E-state index contributed by atoms with van der Waals surface area (Å²) in [7, 11) is -2.30. The maximum absolute atomic E-state index is 13.4. The number of rotatable bonds is 8. The average molecular weight is 544 g/mol. The second-order valence-corrected chi connectivity index (χ2v) is 11.1. The standard InChI is InChI=1S/C26H26FN3O7S/c1-29(38(2,33)34)23-19-7-4-12-28-22(19)24(35-15-36-26(32)37-18-5-3-6-18)21-20(23)14-30(25(21)31)13-16-8-10-17(27)11-9-16/h4,7-12,14,18,31H,3,5-6,13,15H2,1-2H3. The van der Waals surface area contributed by atoms with Crippen LogP contribution in [0.15, 0.2) is 48.8 Å². The summed E-state index contributed by atoms with van der Waals surface area (Å²) >= 11 is 0. The number of nitrogens with zero attached hydrogens (tertiary/aromatic N) is 3. The molecule has 0 radical (unpaired) electrons. The highest BCUT2D eigenvalue weighted by Gasteiger charge is 2.28. The van der Waals surface area contributed by atoms with Gasteiger partial charge in [0.2, 0.25) is 22.7 Å². The van der Waals surface area contributed by atoms with Crippen molar-refractivity contribution in [2.24, 2.45) is 0 Å². The summed E-state index contributed by atoms with van der Waals surface area (Å²) in [6.07, 6.45) is 5.71. The van der Waals surface area contributed by atoms with Gasteiger partial charge in [-0.2, -0.15) is 0 Å². The number of hydrogen-bond acceptors (Lipinski definition) is 8. The average Bonchev–Trinajstić information content (AvgIpc) is 3.17. The zero-order valence-electron chi connectivity index (χ0n) is 20.8. The Balaban J connectivity index is 1.62. The Bertz CT molecular complexity index is 1620. The van der Waals surface area contributed by atoms with E-state index < -0.39 is 28.8 Å². The summed E-state index contributed by atoms with van der Waals surface area (Å²) in [5, 5.41) is 12.3. The molecule has 0 saturated heterocycles. The quantitative estimate of drug-likeness (QED) is 0.254. The maximum atomic E-state index is 13.4. The van der Waals surface area contributed by atoms with E-state index in [9.17, 15) is 22.7 Å². The van der Waals surface area contributed by atoms with Crippen LogP contribution in [0.1, 0.15) is 24.8 Å². The maximum Gasteiger partial charge on any atom is 0.511 e. The van der Waals surface area contributed by atoms with E-state index in [0.29, 0.717) is 16.3 Å². The van der Waals surface area contributed by atoms with Gasteiger partial charge in [-0.15, -0.1) is 0 Å². The van der Waals surface area contributed by atoms with Crippen molar-refractivity contribution < 1.29 is 36.9 Å². The number of carbonyl (C=O) groups excluding carboxylic acids is 1. The Kier molecular flexibility index (Phi) is 6.74. The summed E-state index contributed by atoms with van der Waals surface area (Å²) in [6.45, 7) is -0.355. The van der Waals surface area contributed by atoms with E-state index in [1.165, 1.54) is 29.9 Å². The third kappa shape index (κ3) is 4.91. The molecule has 0 bridgehead atoms. The molecule has 1 aliphatic carbocycles. The van der Waals surface area contributed by atoms with Gasteiger partial charge in [-0.3, -0.25) is 9.29 Å². The third-order valence-corrected chi connectivity index (χ3v) is 7.76. The fourth-order valence-electron chi connectivity index (χ4n) is 4.34. The number of anilines is 1. The normalized spacial score (nSPS) is 13.9. The summed E-state index contributed by atoms with van der Waals surface area (Å²) < 4.78 is 57.3. The largest absolute Gasteiger partial charge is 0.511 e. The van der Waals surface area contributed by atoms with Crippen molar-refractivity contribution in [3.8, 4) is 11.6 Å². The molecule has 1 saturated carbocycles. The number of benzene rings is 2. The molecule has 10 nitrogen and oxygen atoms in total. The molecular weight excluding hydrogens is 517 g/mol. The fourth-order valence-corrected chi connectivity index (χ4v) is 4.87. The monoisotopic (exact) mass is 543 g/mol. The molecule has 38 heavy (non-hydrogen) atoms. The zero-order valence-corrected chi connectivity index (χ0v) is 21.6. The molecule has 2 aromatic heterocycles. The molecule has 5 rings (SSSR count). The van der Waals surface area contributed by atoms with Gasteiger partial charge in [0.15, 0.2) is 5.75 Å². The van der Waals surface area contributed by atoms with Gasteiger partial charge in [0, 0.05) is 30.2 Å². The molecular formula is C26H26FN3O7S.